The molecule has 1 atom stereocenters. The highest BCUT2D eigenvalue weighted by molar-refractivity contribution is 7.90. The van der Waals surface area contributed by atoms with Crippen LogP contribution in [0.2, 0.25) is 5.02 Å². The van der Waals surface area contributed by atoms with E-state index in [2.05, 4.69) is 72.6 Å². The van der Waals surface area contributed by atoms with E-state index < -0.39 is 31.4 Å². The quantitative estimate of drug-likeness (QED) is 0.0776. The van der Waals surface area contributed by atoms with Crippen molar-refractivity contribution in [2.75, 3.05) is 89.3 Å². The van der Waals surface area contributed by atoms with E-state index in [0.717, 1.165) is 107 Å². The van der Waals surface area contributed by atoms with Crippen LogP contribution in [0, 0.1) is 15.5 Å². The summed E-state index contributed by atoms with van der Waals surface area (Å²) in [4.78, 5) is 42.2. The number of aromatic amines is 1. The average Bonchev–Trinajstić information content (AvgIpc) is 3.77. The summed E-state index contributed by atoms with van der Waals surface area (Å²) >= 11 is 6.25. The molecule has 3 N–H and O–H groups in total. The number of nitro benzene ring substituents is 1. The number of ether oxygens (including phenoxy) is 2. The van der Waals surface area contributed by atoms with Gasteiger partial charge in [0.25, 0.3) is 21.6 Å². The molecule has 0 spiro atoms. The van der Waals surface area contributed by atoms with E-state index in [0.29, 0.717) is 17.8 Å². The molecule has 16 nitrogen and oxygen atoms in total. The van der Waals surface area contributed by atoms with Crippen LogP contribution in [0.5, 0.6) is 17.2 Å². The third-order valence-corrected chi connectivity index (χ3v) is 14.9. The minimum atomic E-state index is -4.65. The number of carbonyl (C=O) groups is 1. The predicted octanol–water partition coefficient (Wildman–Crippen LogP) is 7.63. The van der Waals surface area contributed by atoms with Crippen LogP contribution in [0.25, 0.3) is 16.6 Å². The lowest BCUT2D eigenvalue weighted by atomic mass is 9.72. The molecule has 0 saturated carbocycles. The number of nitrogens with one attached hydrogen (secondary N) is 3. The highest BCUT2D eigenvalue weighted by Gasteiger charge is 2.33. The Morgan fingerprint density at radius 2 is 1.76 bits per heavy atom. The SMILES string of the molecule is CN1CCN(CC[C@H]2COc3cc(S(=O)(=O)NC(=O)c4ccc(N5CCN(CC6=C(c7ccc(Cl)cc7)CC(C)(C)CC6)CC5)cc4Oc4cnc5[nH]ccc5c4)cc([N+](=O)[O-])c3N2)CC1. The number of pyridine rings is 1. The summed E-state index contributed by atoms with van der Waals surface area (Å²) in [5.41, 5.74) is 5.38. The molecule has 4 aliphatic rings. The van der Waals surface area contributed by atoms with E-state index >= 15 is 0 Å². The van der Waals surface area contributed by atoms with Crippen molar-refractivity contribution in [1.29, 1.82) is 0 Å². The van der Waals surface area contributed by atoms with Gasteiger partial charge in [0.15, 0.2) is 11.4 Å². The number of benzene rings is 3. The summed E-state index contributed by atoms with van der Waals surface area (Å²) in [6.07, 6.45) is 7.16. The molecule has 0 unspecified atom stereocenters. The van der Waals surface area contributed by atoms with E-state index in [9.17, 15) is 23.3 Å². The molecule has 3 aliphatic heterocycles. The number of sulfonamides is 1. The van der Waals surface area contributed by atoms with E-state index in [1.165, 1.54) is 29.0 Å². The van der Waals surface area contributed by atoms with E-state index in [-0.39, 0.29) is 40.8 Å². The number of hydrogen-bond acceptors (Lipinski definition) is 13. The van der Waals surface area contributed by atoms with Gasteiger partial charge in [-0.1, -0.05) is 43.2 Å². The van der Waals surface area contributed by atoms with Gasteiger partial charge in [-0.25, -0.2) is 18.1 Å². The van der Waals surface area contributed by atoms with E-state index in [1.54, 1.807) is 30.5 Å². The van der Waals surface area contributed by atoms with Crippen LogP contribution in [0.3, 0.4) is 0 Å². The van der Waals surface area contributed by atoms with Crippen molar-refractivity contribution in [3.8, 4) is 17.2 Å². The minimum Gasteiger partial charge on any atom is -0.489 e. The number of nitrogens with zero attached hydrogens (tertiary/aromatic N) is 6. The van der Waals surface area contributed by atoms with Crippen LogP contribution < -0.4 is 24.4 Å². The number of likely N-dealkylation sites (N-methyl/N-ethyl adjacent to an activating group) is 1. The number of carbonyl (C=O) groups excluding carboxylic acids is 1. The van der Waals surface area contributed by atoms with E-state index in [1.807, 2.05) is 18.2 Å². The normalized spacial score (nSPS) is 19.5. The molecule has 2 saturated heterocycles. The van der Waals surface area contributed by atoms with Gasteiger partial charge in [0.1, 0.15) is 23.8 Å². The molecule has 0 bridgehead atoms. The number of aromatic nitrogens is 2. The summed E-state index contributed by atoms with van der Waals surface area (Å²) in [5.74, 6) is -0.483. The molecular formula is C48H56ClN9O7S. The summed E-state index contributed by atoms with van der Waals surface area (Å²) in [7, 11) is -2.56. The monoisotopic (exact) mass is 937 g/mol. The average molecular weight is 939 g/mol. The highest BCUT2D eigenvalue weighted by Crippen LogP contribution is 2.44. The maximum absolute atomic E-state index is 14.1. The Bertz CT molecular complexity index is 2760. The molecule has 9 rings (SSSR count). The zero-order valence-corrected chi connectivity index (χ0v) is 39.1. The van der Waals surface area contributed by atoms with Crippen molar-refractivity contribution in [2.24, 2.45) is 5.41 Å². The summed E-state index contributed by atoms with van der Waals surface area (Å²) in [6.45, 7) is 13.4. The summed E-state index contributed by atoms with van der Waals surface area (Å²) < 4.78 is 42.3. The van der Waals surface area contributed by atoms with Crippen molar-refractivity contribution in [3.05, 3.63) is 111 Å². The van der Waals surface area contributed by atoms with E-state index in [4.69, 9.17) is 21.1 Å². The van der Waals surface area contributed by atoms with Crippen LogP contribution in [0.15, 0.2) is 89.6 Å². The minimum absolute atomic E-state index is 0.0235. The van der Waals surface area contributed by atoms with Gasteiger partial charge < -0.3 is 34.5 Å². The van der Waals surface area contributed by atoms with Gasteiger partial charge in [-0.3, -0.25) is 19.8 Å². The second-order valence-corrected chi connectivity index (χ2v) is 20.8. The zero-order chi connectivity index (χ0) is 46.2. The number of amides is 1. The molecule has 2 fully saturated rings. The predicted molar refractivity (Wildman–Crippen MR) is 256 cm³/mol. The van der Waals surface area contributed by atoms with Crippen molar-refractivity contribution in [2.45, 2.75) is 50.5 Å². The molecule has 348 valence electrons. The van der Waals surface area contributed by atoms with Crippen molar-refractivity contribution in [1.82, 2.24) is 29.4 Å². The van der Waals surface area contributed by atoms with Crippen molar-refractivity contribution in [3.63, 3.8) is 0 Å². The van der Waals surface area contributed by atoms with Crippen molar-refractivity contribution < 1.29 is 27.6 Å². The molecule has 2 aromatic heterocycles. The second kappa shape index (κ2) is 18.9. The highest BCUT2D eigenvalue weighted by atomic mass is 35.5. The Morgan fingerprint density at radius 3 is 2.52 bits per heavy atom. The van der Waals surface area contributed by atoms with Gasteiger partial charge >= 0.3 is 0 Å². The fraction of sp³-hybridized carbons (Fsp3) is 0.417. The Morgan fingerprint density at radius 1 is 1.00 bits per heavy atom. The topological polar surface area (TPSA) is 179 Å². The first-order valence-electron chi connectivity index (χ1n) is 22.6. The number of anilines is 2. The van der Waals surface area contributed by atoms with Gasteiger partial charge in [0.2, 0.25) is 0 Å². The fourth-order valence-electron chi connectivity index (χ4n) is 9.35. The molecular weight excluding hydrogens is 882 g/mol. The molecule has 1 aliphatic carbocycles. The number of piperazine rings is 2. The number of allylic oxidation sites excluding steroid dienone is 1. The van der Waals surface area contributed by atoms with Gasteiger partial charge in [-0.15, -0.1) is 0 Å². The van der Waals surface area contributed by atoms with Gasteiger partial charge in [0.05, 0.1) is 27.6 Å². The number of rotatable bonds is 13. The molecule has 18 heteroatoms. The summed E-state index contributed by atoms with van der Waals surface area (Å²) in [6, 6.07) is 18.8. The van der Waals surface area contributed by atoms with Crippen LogP contribution in [-0.4, -0.2) is 129 Å². The standard InChI is InChI=1S/C48H56ClN9O7S/c1-48(2)13-10-34(41(28-48)32-4-6-35(49)7-5-32)30-56-20-22-57(23-21-56)37-8-9-40(43(25-37)65-38-24-33-11-14-50-46(33)51-29-38)47(59)53-66(62,63)39-26-42(58(60)61)45-44(27-39)64-31-36(52-45)12-15-55-18-16-54(3)17-19-55/h4-9,11,14,24-27,29,36,52H,10,12-13,15-23,28,30-31H2,1-3H3,(H,50,51)(H,53,59)/t36-/m0/s1. The number of fused-ring (bicyclic) bond motifs is 2. The first-order chi connectivity index (χ1) is 31.7. The lowest BCUT2D eigenvalue weighted by Gasteiger charge is -2.39. The molecule has 0 radical (unpaired) electrons. The molecule has 1 amide bonds. The van der Waals surface area contributed by atoms with Gasteiger partial charge in [0, 0.05) is 106 Å². The Hall–Kier alpha value is -5.72. The number of halogens is 1. The Balaban J connectivity index is 0.922. The maximum Gasteiger partial charge on any atom is 0.297 e. The third kappa shape index (κ3) is 10.3. The molecule has 3 aromatic carbocycles. The van der Waals surface area contributed by atoms with Gasteiger partial charge in [-0.05, 0) is 85.7 Å². The van der Waals surface area contributed by atoms with Crippen LogP contribution in [0.1, 0.15) is 55.5 Å². The van der Waals surface area contributed by atoms with Crippen LogP contribution >= 0.6 is 11.6 Å². The molecule has 5 heterocycles. The first-order valence-corrected chi connectivity index (χ1v) is 24.4. The number of nitro groups is 1. The Kier molecular flexibility index (Phi) is 13.0. The first kappa shape index (κ1) is 45.4. The van der Waals surface area contributed by atoms with Crippen molar-refractivity contribution >= 4 is 61.2 Å². The molecule has 66 heavy (non-hydrogen) atoms. The van der Waals surface area contributed by atoms with Crippen LogP contribution in [-0.2, 0) is 10.0 Å². The largest absolute Gasteiger partial charge is 0.489 e. The molecule has 5 aromatic rings. The maximum atomic E-state index is 14.1. The third-order valence-electron chi connectivity index (χ3n) is 13.3. The van der Waals surface area contributed by atoms with Gasteiger partial charge in [-0.2, -0.15) is 0 Å². The number of hydrogen-bond donors (Lipinski definition) is 3. The van der Waals surface area contributed by atoms with Crippen LogP contribution in [0.4, 0.5) is 17.1 Å². The lowest BCUT2D eigenvalue weighted by Crippen LogP contribution is -2.47. The second-order valence-electron chi connectivity index (χ2n) is 18.7. The summed E-state index contributed by atoms with van der Waals surface area (Å²) in [5, 5.41) is 17.1. The smallest absolute Gasteiger partial charge is 0.297 e. The Labute approximate surface area is 390 Å². The zero-order valence-electron chi connectivity index (χ0n) is 37.5. The lowest BCUT2D eigenvalue weighted by molar-refractivity contribution is -0.384. The fourth-order valence-corrected chi connectivity index (χ4v) is 10.5. The number of H-pyrrole nitrogens is 1.